The quantitative estimate of drug-likeness (QED) is 0.658. The van der Waals surface area contributed by atoms with E-state index >= 15 is 0 Å². The van der Waals surface area contributed by atoms with Crippen LogP contribution < -0.4 is 5.32 Å². The number of benzene rings is 1. The van der Waals surface area contributed by atoms with E-state index in [-0.39, 0.29) is 0 Å². The Morgan fingerprint density at radius 1 is 1.25 bits per heavy atom. The summed E-state index contributed by atoms with van der Waals surface area (Å²) < 4.78 is 7.56. The molecule has 3 heterocycles. The molecule has 146 valence electrons. The fraction of sp³-hybridized carbons (Fsp3) is 0.348. The first-order valence-electron chi connectivity index (χ1n) is 9.83. The molecular formula is C23H28N4O. The van der Waals surface area contributed by atoms with E-state index < -0.39 is 0 Å². The number of pyridine rings is 1. The Morgan fingerprint density at radius 2 is 2.07 bits per heavy atom. The van der Waals surface area contributed by atoms with Crippen LogP contribution in [-0.2, 0) is 17.7 Å². The molecule has 1 aromatic carbocycles. The van der Waals surface area contributed by atoms with Crippen molar-refractivity contribution in [3.8, 4) is 0 Å². The minimum atomic E-state index is 0.702. The number of aromatic nitrogens is 2. The summed E-state index contributed by atoms with van der Waals surface area (Å²) in [5.74, 6) is 0. The molecule has 0 amide bonds. The first-order valence-corrected chi connectivity index (χ1v) is 9.83. The van der Waals surface area contributed by atoms with Gasteiger partial charge in [-0.15, -0.1) is 0 Å². The maximum Gasteiger partial charge on any atom is 0.0635 e. The highest BCUT2D eigenvalue weighted by Crippen LogP contribution is 2.33. The first kappa shape index (κ1) is 18.7. The zero-order valence-corrected chi connectivity index (χ0v) is 16.9. The lowest BCUT2D eigenvalue weighted by Gasteiger charge is -2.23. The minimum Gasteiger partial charge on any atom is -0.383 e. The van der Waals surface area contributed by atoms with Gasteiger partial charge in [0.2, 0.25) is 0 Å². The van der Waals surface area contributed by atoms with E-state index in [1.165, 1.54) is 33.3 Å². The summed E-state index contributed by atoms with van der Waals surface area (Å²) in [7, 11) is 3.93. The number of ether oxygens (including phenoxy) is 1. The summed E-state index contributed by atoms with van der Waals surface area (Å²) in [6.45, 7) is 5.76. The first-order chi connectivity index (χ1) is 13.7. The van der Waals surface area contributed by atoms with E-state index in [9.17, 15) is 0 Å². The van der Waals surface area contributed by atoms with Crippen molar-refractivity contribution in [1.82, 2.24) is 14.5 Å². The van der Waals surface area contributed by atoms with Crippen molar-refractivity contribution in [2.24, 2.45) is 0 Å². The van der Waals surface area contributed by atoms with Gasteiger partial charge >= 0.3 is 0 Å². The Morgan fingerprint density at radius 3 is 2.86 bits per heavy atom. The van der Waals surface area contributed by atoms with Gasteiger partial charge in [0.25, 0.3) is 0 Å². The Hall–Kier alpha value is -2.63. The van der Waals surface area contributed by atoms with Crippen LogP contribution >= 0.6 is 0 Å². The van der Waals surface area contributed by atoms with Crippen molar-refractivity contribution in [2.45, 2.75) is 19.9 Å². The third kappa shape index (κ3) is 3.68. The molecule has 4 rings (SSSR count). The molecule has 3 aromatic rings. The van der Waals surface area contributed by atoms with Gasteiger partial charge in [0.15, 0.2) is 0 Å². The number of hydrogen-bond acceptors (Lipinski definition) is 4. The molecule has 28 heavy (non-hydrogen) atoms. The van der Waals surface area contributed by atoms with Crippen LogP contribution in [0.1, 0.15) is 23.7 Å². The number of likely N-dealkylation sites (N-methyl/N-ethyl adjacent to an activating group) is 1. The smallest absolute Gasteiger partial charge is 0.0635 e. The lowest BCUT2D eigenvalue weighted by atomic mass is 10.0. The number of anilines is 1. The van der Waals surface area contributed by atoms with E-state index in [4.69, 9.17) is 4.74 Å². The second-order valence-electron chi connectivity index (χ2n) is 7.48. The Bertz CT molecular complexity index is 991. The van der Waals surface area contributed by atoms with Gasteiger partial charge in [0, 0.05) is 68.5 Å². The monoisotopic (exact) mass is 376 g/mol. The highest BCUT2D eigenvalue weighted by atomic mass is 16.5. The Labute approximate surface area is 166 Å². The number of hydrogen-bond donors (Lipinski definition) is 1. The predicted octanol–water partition coefficient (Wildman–Crippen LogP) is 4.10. The summed E-state index contributed by atoms with van der Waals surface area (Å²) in [6, 6.07) is 10.8. The molecule has 1 aliphatic heterocycles. The van der Waals surface area contributed by atoms with Gasteiger partial charge in [-0.05, 0) is 61.0 Å². The van der Waals surface area contributed by atoms with Gasteiger partial charge in [-0.25, -0.2) is 0 Å². The van der Waals surface area contributed by atoms with Crippen LogP contribution in [0.4, 0.5) is 5.69 Å². The molecule has 0 bridgehead atoms. The molecule has 1 aliphatic rings. The molecular weight excluding hydrogens is 348 g/mol. The summed E-state index contributed by atoms with van der Waals surface area (Å²) in [5.41, 5.74) is 7.73. The van der Waals surface area contributed by atoms with Crippen LogP contribution in [0, 0.1) is 0 Å². The summed E-state index contributed by atoms with van der Waals surface area (Å²) in [5, 5.41) is 4.80. The second kappa shape index (κ2) is 8.17. The van der Waals surface area contributed by atoms with Crippen LogP contribution in [0.5, 0.6) is 0 Å². The molecule has 5 nitrogen and oxygen atoms in total. The molecule has 0 saturated heterocycles. The third-order valence-electron chi connectivity index (χ3n) is 5.47. The van der Waals surface area contributed by atoms with E-state index in [0.29, 0.717) is 6.61 Å². The normalized spacial score (nSPS) is 15.0. The maximum atomic E-state index is 5.16. The summed E-state index contributed by atoms with van der Waals surface area (Å²) >= 11 is 0. The molecule has 5 heteroatoms. The van der Waals surface area contributed by atoms with E-state index in [1.807, 2.05) is 12.4 Å². The summed E-state index contributed by atoms with van der Waals surface area (Å²) in [6.07, 6.45) is 7.04. The van der Waals surface area contributed by atoms with Gasteiger partial charge in [-0.1, -0.05) is 0 Å². The Balaban J connectivity index is 1.80. The van der Waals surface area contributed by atoms with Crippen LogP contribution in [0.2, 0.25) is 0 Å². The SMILES string of the molecule is COCCNc1ccc2c(c1)c1c(n2C=C(C)c2ccncc2)CCN(C)C1. The van der Waals surface area contributed by atoms with Crippen molar-refractivity contribution in [2.75, 3.05) is 39.2 Å². The second-order valence-corrected chi connectivity index (χ2v) is 7.48. The lowest BCUT2D eigenvalue weighted by Crippen LogP contribution is -2.26. The zero-order chi connectivity index (χ0) is 19.5. The zero-order valence-electron chi connectivity index (χ0n) is 16.9. The van der Waals surface area contributed by atoms with Gasteiger partial charge < -0.3 is 19.5 Å². The molecule has 0 unspecified atom stereocenters. The molecule has 0 spiro atoms. The van der Waals surface area contributed by atoms with Gasteiger partial charge in [0.05, 0.1) is 12.1 Å². The fourth-order valence-corrected chi connectivity index (χ4v) is 3.97. The van der Waals surface area contributed by atoms with Crippen LogP contribution in [-0.4, -0.2) is 48.3 Å². The van der Waals surface area contributed by atoms with E-state index in [2.05, 4.69) is 70.3 Å². The van der Waals surface area contributed by atoms with E-state index in [0.717, 1.165) is 31.7 Å². The van der Waals surface area contributed by atoms with Crippen LogP contribution in [0.15, 0.2) is 42.7 Å². The molecule has 2 aromatic heterocycles. The Kier molecular flexibility index (Phi) is 5.46. The average molecular weight is 377 g/mol. The van der Waals surface area contributed by atoms with Crippen LogP contribution in [0.25, 0.3) is 22.7 Å². The highest BCUT2D eigenvalue weighted by molar-refractivity contribution is 5.92. The number of allylic oxidation sites excluding steroid dienone is 1. The van der Waals surface area contributed by atoms with Gasteiger partial charge in [-0.2, -0.15) is 0 Å². The molecule has 1 N–H and O–H groups in total. The topological polar surface area (TPSA) is 42.3 Å². The molecule has 0 atom stereocenters. The lowest BCUT2D eigenvalue weighted by molar-refractivity contribution is 0.211. The number of rotatable bonds is 6. The number of nitrogens with one attached hydrogen (secondary N) is 1. The molecule has 0 radical (unpaired) electrons. The van der Waals surface area contributed by atoms with Gasteiger partial charge in [0.1, 0.15) is 0 Å². The van der Waals surface area contributed by atoms with E-state index in [1.54, 1.807) is 7.11 Å². The number of methoxy groups -OCH3 is 1. The minimum absolute atomic E-state index is 0.702. The third-order valence-corrected chi connectivity index (χ3v) is 5.47. The van der Waals surface area contributed by atoms with Crippen molar-refractivity contribution in [3.63, 3.8) is 0 Å². The number of fused-ring (bicyclic) bond motifs is 3. The standard InChI is InChI=1S/C23H28N4O/c1-17(18-6-9-24-10-7-18)15-27-22-5-4-19(25-11-13-28-3)14-20(22)21-16-26(2)12-8-23(21)27/h4-7,9-10,14-15,25H,8,11-13,16H2,1-3H3. The van der Waals surface area contributed by atoms with Crippen molar-refractivity contribution in [1.29, 1.82) is 0 Å². The van der Waals surface area contributed by atoms with Crippen molar-refractivity contribution < 1.29 is 4.74 Å². The number of nitrogens with zero attached hydrogens (tertiary/aromatic N) is 3. The maximum absolute atomic E-state index is 5.16. The van der Waals surface area contributed by atoms with Gasteiger partial charge in [-0.3, -0.25) is 4.98 Å². The summed E-state index contributed by atoms with van der Waals surface area (Å²) in [4.78, 5) is 6.54. The van der Waals surface area contributed by atoms with Crippen molar-refractivity contribution >= 4 is 28.4 Å². The highest BCUT2D eigenvalue weighted by Gasteiger charge is 2.22. The molecule has 0 aliphatic carbocycles. The average Bonchev–Trinajstić information content (AvgIpc) is 3.01. The molecule has 0 fully saturated rings. The largest absolute Gasteiger partial charge is 0.383 e. The van der Waals surface area contributed by atoms with Crippen LogP contribution in [0.3, 0.4) is 0 Å². The van der Waals surface area contributed by atoms with Crippen molar-refractivity contribution in [3.05, 3.63) is 59.5 Å². The fourth-order valence-electron chi connectivity index (χ4n) is 3.97. The predicted molar refractivity (Wildman–Crippen MR) is 116 cm³/mol. The molecule has 0 saturated carbocycles.